The second kappa shape index (κ2) is 4.88. The molecule has 0 aliphatic rings. The first-order chi connectivity index (χ1) is 6.58. The zero-order valence-electron chi connectivity index (χ0n) is 7.77. The summed E-state index contributed by atoms with van der Waals surface area (Å²) in [6, 6.07) is 0. The molecular weight excluding hydrogens is 204 g/mol. The standard InChI is InChI=1S/C8H11ClN4O/c1-13(5-8(10)14)4-6-2-12-7(9)3-11-6/h2-3H,4-5H2,1H3,(H2,10,14). The molecule has 2 N–H and O–H groups in total. The average molecular weight is 215 g/mol. The third kappa shape index (κ3) is 3.68. The van der Waals surface area contributed by atoms with E-state index in [0.29, 0.717) is 11.7 Å². The number of primary amides is 1. The molecule has 1 aromatic heterocycles. The molecule has 0 fully saturated rings. The number of nitrogens with zero attached hydrogens (tertiary/aromatic N) is 3. The quantitative estimate of drug-likeness (QED) is 0.769. The van der Waals surface area contributed by atoms with Crippen LogP contribution in [-0.4, -0.2) is 34.4 Å². The fourth-order valence-electron chi connectivity index (χ4n) is 1.02. The van der Waals surface area contributed by atoms with E-state index >= 15 is 0 Å². The molecule has 0 aliphatic carbocycles. The smallest absolute Gasteiger partial charge is 0.231 e. The van der Waals surface area contributed by atoms with Gasteiger partial charge >= 0.3 is 0 Å². The molecular formula is C8H11ClN4O. The van der Waals surface area contributed by atoms with Gasteiger partial charge in [0.1, 0.15) is 5.15 Å². The summed E-state index contributed by atoms with van der Waals surface area (Å²) in [7, 11) is 1.78. The number of carbonyl (C=O) groups is 1. The van der Waals surface area contributed by atoms with Gasteiger partial charge in [-0.3, -0.25) is 14.7 Å². The van der Waals surface area contributed by atoms with E-state index in [2.05, 4.69) is 9.97 Å². The molecule has 0 atom stereocenters. The Morgan fingerprint density at radius 1 is 1.57 bits per heavy atom. The number of likely N-dealkylation sites (N-methyl/N-ethyl adjacent to an activating group) is 1. The molecule has 1 rings (SSSR count). The van der Waals surface area contributed by atoms with E-state index in [4.69, 9.17) is 17.3 Å². The van der Waals surface area contributed by atoms with Crippen molar-refractivity contribution in [1.82, 2.24) is 14.9 Å². The molecule has 0 aliphatic heterocycles. The number of aromatic nitrogens is 2. The molecule has 1 heterocycles. The Hall–Kier alpha value is -1.20. The van der Waals surface area contributed by atoms with Crippen LogP contribution in [0.25, 0.3) is 0 Å². The zero-order chi connectivity index (χ0) is 10.6. The molecule has 0 unspecified atom stereocenters. The van der Waals surface area contributed by atoms with Crippen LogP contribution in [0.3, 0.4) is 0 Å². The van der Waals surface area contributed by atoms with Crippen molar-refractivity contribution < 1.29 is 4.79 Å². The van der Waals surface area contributed by atoms with Crippen molar-refractivity contribution in [1.29, 1.82) is 0 Å². The molecule has 0 saturated heterocycles. The molecule has 1 amide bonds. The maximum absolute atomic E-state index is 10.6. The van der Waals surface area contributed by atoms with Crippen molar-refractivity contribution in [2.24, 2.45) is 5.73 Å². The Morgan fingerprint density at radius 3 is 2.79 bits per heavy atom. The van der Waals surface area contributed by atoms with E-state index in [0.717, 1.165) is 5.69 Å². The summed E-state index contributed by atoms with van der Waals surface area (Å²) in [4.78, 5) is 20.2. The van der Waals surface area contributed by atoms with E-state index in [9.17, 15) is 4.79 Å². The van der Waals surface area contributed by atoms with Gasteiger partial charge in [0.15, 0.2) is 0 Å². The Morgan fingerprint density at radius 2 is 2.29 bits per heavy atom. The summed E-state index contributed by atoms with van der Waals surface area (Å²) < 4.78 is 0. The van der Waals surface area contributed by atoms with Crippen molar-refractivity contribution >= 4 is 17.5 Å². The molecule has 5 nitrogen and oxygen atoms in total. The van der Waals surface area contributed by atoms with Gasteiger partial charge in [-0.05, 0) is 7.05 Å². The number of nitrogens with two attached hydrogens (primary N) is 1. The van der Waals surface area contributed by atoms with Crippen LogP contribution in [0, 0.1) is 0 Å². The largest absolute Gasteiger partial charge is 0.369 e. The Balaban J connectivity index is 2.51. The van der Waals surface area contributed by atoms with Crippen LogP contribution in [0.4, 0.5) is 0 Å². The molecule has 76 valence electrons. The van der Waals surface area contributed by atoms with Gasteiger partial charge in [-0.25, -0.2) is 4.98 Å². The minimum Gasteiger partial charge on any atom is -0.369 e. The SMILES string of the molecule is CN(CC(N)=O)Cc1cnc(Cl)cn1. The molecule has 0 aromatic carbocycles. The minimum absolute atomic E-state index is 0.199. The van der Waals surface area contributed by atoms with E-state index in [-0.39, 0.29) is 12.5 Å². The van der Waals surface area contributed by atoms with E-state index in [1.54, 1.807) is 18.1 Å². The number of amides is 1. The highest BCUT2D eigenvalue weighted by atomic mass is 35.5. The van der Waals surface area contributed by atoms with Gasteiger partial charge in [0.2, 0.25) is 5.91 Å². The lowest BCUT2D eigenvalue weighted by Gasteiger charge is -2.12. The summed E-state index contributed by atoms with van der Waals surface area (Å²) in [5.74, 6) is -0.366. The highest BCUT2D eigenvalue weighted by Crippen LogP contribution is 2.02. The van der Waals surface area contributed by atoms with E-state index < -0.39 is 0 Å². The Labute approximate surface area is 86.9 Å². The van der Waals surface area contributed by atoms with Crippen molar-refractivity contribution in [3.05, 3.63) is 23.2 Å². The molecule has 0 radical (unpaired) electrons. The molecule has 0 saturated carbocycles. The summed E-state index contributed by atoms with van der Waals surface area (Å²) >= 11 is 5.57. The molecule has 6 heteroatoms. The van der Waals surface area contributed by atoms with Gasteiger partial charge in [-0.1, -0.05) is 11.6 Å². The lowest BCUT2D eigenvalue weighted by atomic mass is 10.4. The predicted molar refractivity (Wildman–Crippen MR) is 52.6 cm³/mol. The second-order valence-corrected chi connectivity index (χ2v) is 3.36. The summed E-state index contributed by atoms with van der Waals surface area (Å²) in [6.07, 6.45) is 3.04. The first-order valence-corrected chi connectivity index (χ1v) is 4.39. The first-order valence-electron chi connectivity index (χ1n) is 4.01. The average Bonchev–Trinajstić information content (AvgIpc) is 2.07. The van der Waals surface area contributed by atoms with Crippen LogP contribution in [0.5, 0.6) is 0 Å². The summed E-state index contributed by atoms with van der Waals surface area (Å²) in [6.45, 7) is 0.720. The highest BCUT2D eigenvalue weighted by molar-refractivity contribution is 6.29. The third-order valence-corrected chi connectivity index (χ3v) is 1.73. The molecule has 1 aromatic rings. The Kier molecular flexibility index (Phi) is 3.79. The van der Waals surface area contributed by atoms with Crippen LogP contribution in [0.15, 0.2) is 12.4 Å². The third-order valence-electron chi connectivity index (χ3n) is 1.53. The van der Waals surface area contributed by atoms with Crippen LogP contribution in [0.2, 0.25) is 5.15 Å². The van der Waals surface area contributed by atoms with Crippen molar-refractivity contribution in [2.75, 3.05) is 13.6 Å². The fraction of sp³-hybridized carbons (Fsp3) is 0.375. The number of halogens is 1. The number of hydrogen-bond acceptors (Lipinski definition) is 4. The van der Waals surface area contributed by atoms with Crippen LogP contribution < -0.4 is 5.73 Å². The molecule has 0 spiro atoms. The number of carbonyl (C=O) groups excluding carboxylic acids is 1. The minimum atomic E-state index is -0.366. The number of hydrogen-bond donors (Lipinski definition) is 1. The van der Waals surface area contributed by atoms with Gasteiger partial charge in [0.05, 0.1) is 24.6 Å². The fourth-order valence-corrected chi connectivity index (χ4v) is 1.12. The van der Waals surface area contributed by atoms with Gasteiger partial charge in [-0.2, -0.15) is 0 Å². The number of rotatable bonds is 4. The van der Waals surface area contributed by atoms with Crippen molar-refractivity contribution in [3.8, 4) is 0 Å². The van der Waals surface area contributed by atoms with Crippen LogP contribution >= 0.6 is 11.6 Å². The van der Waals surface area contributed by atoms with Crippen LogP contribution in [-0.2, 0) is 11.3 Å². The lowest BCUT2D eigenvalue weighted by molar-refractivity contribution is -0.118. The first kappa shape index (κ1) is 10.9. The predicted octanol–water partition coefficient (Wildman–Crippen LogP) is 0.0471. The van der Waals surface area contributed by atoms with Gasteiger partial charge < -0.3 is 5.73 Å². The summed E-state index contributed by atoms with van der Waals surface area (Å²) in [5.41, 5.74) is 5.78. The topological polar surface area (TPSA) is 72.1 Å². The van der Waals surface area contributed by atoms with E-state index in [1.807, 2.05) is 0 Å². The monoisotopic (exact) mass is 214 g/mol. The van der Waals surface area contributed by atoms with Crippen LogP contribution in [0.1, 0.15) is 5.69 Å². The normalized spacial score (nSPS) is 10.5. The van der Waals surface area contributed by atoms with Crippen molar-refractivity contribution in [2.45, 2.75) is 6.54 Å². The zero-order valence-corrected chi connectivity index (χ0v) is 8.53. The van der Waals surface area contributed by atoms with E-state index in [1.165, 1.54) is 6.20 Å². The maximum atomic E-state index is 10.6. The maximum Gasteiger partial charge on any atom is 0.231 e. The summed E-state index contributed by atoms with van der Waals surface area (Å²) in [5, 5.41) is 0.353. The second-order valence-electron chi connectivity index (χ2n) is 2.97. The van der Waals surface area contributed by atoms with Gasteiger partial charge in [-0.15, -0.1) is 0 Å². The van der Waals surface area contributed by atoms with Crippen molar-refractivity contribution in [3.63, 3.8) is 0 Å². The van der Waals surface area contributed by atoms with Gasteiger partial charge in [0, 0.05) is 6.54 Å². The Bertz CT molecular complexity index is 314. The molecule has 0 bridgehead atoms. The van der Waals surface area contributed by atoms with Gasteiger partial charge in [0.25, 0.3) is 0 Å². The highest BCUT2D eigenvalue weighted by Gasteiger charge is 2.04. The lowest BCUT2D eigenvalue weighted by Crippen LogP contribution is -2.30. The molecule has 14 heavy (non-hydrogen) atoms.